The molecule has 26 heavy (non-hydrogen) atoms. The Morgan fingerprint density at radius 2 is 2.04 bits per heavy atom. The van der Waals surface area contributed by atoms with Crippen molar-refractivity contribution in [2.75, 3.05) is 12.3 Å². The van der Waals surface area contributed by atoms with Crippen molar-refractivity contribution >= 4 is 17.7 Å². The molecule has 3 unspecified atom stereocenters. The van der Waals surface area contributed by atoms with Gasteiger partial charge >= 0.3 is 0 Å². The Hall–Kier alpha value is -2.08. The number of carbonyl (C=O) groups excluding carboxylic acids is 1. The molecule has 0 bridgehead atoms. The topological polar surface area (TPSA) is 55.2 Å². The molecule has 1 amide bonds. The molecule has 5 nitrogen and oxygen atoms in total. The number of hydrogen-bond acceptors (Lipinski definition) is 4. The molecule has 3 heterocycles. The summed E-state index contributed by atoms with van der Waals surface area (Å²) in [6.45, 7) is 1.35. The predicted molar refractivity (Wildman–Crippen MR) is 101 cm³/mol. The van der Waals surface area contributed by atoms with E-state index in [1.165, 1.54) is 11.8 Å². The summed E-state index contributed by atoms with van der Waals surface area (Å²) in [7, 11) is 0. The standard InChI is InChI=1S/C20H21N3O2S/c24-18-15(11-21-20-22(18)9-10-26-20)19(25)23-12-16(13-5-2-1-3-6-13)14-7-4-8-17(14)23/h1-3,5-6,11,14,16-17H,4,7-10,12H2. The third-order valence-electron chi connectivity index (χ3n) is 6.12. The zero-order valence-corrected chi connectivity index (χ0v) is 15.3. The minimum Gasteiger partial charge on any atom is -0.335 e. The number of likely N-dealkylation sites (tertiary alicyclic amines) is 1. The SMILES string of the molecule is O=C(c1cnc2n(c1=O)CCS2)N1CC(c2ccccc2)C2CCCC21. The predicted octanol–water partition coefficient (Wildman–Crippen LogP) is 2.76. The maximum Gasteiger partial charge on any atom is 0.267 e. The summed E-state index contributed by atoms with van der Waals surface area (Å²) in [6, 6.07) is 10.7. The second-order valence-corrected chi connectivity index (χ2v) is 8.46. The molecule has 0 spiro atoms. The van der Waals surface area contributed by atoms with Gasteiger partial charge in [0, 0.05) is 37.0 Å². The van der Waals surface area contributed by atoms with Crippen molar-refractivity contribution in [2.45, 2.75) is 42.9 Å². The highest BCUT2D eigenvalue weighted by atomic mass is 32.2. The van der Waals surface area contributed by atoms with Gasteiger partial charge in [0.25, 0.3) is 11.5 Å². The third kappa shape index (κ3) is 2.42. The maximum absolute atomic E-state index is 13.3. The monoisotopic (exact) mass is 367 g/mol. The van der Waals surface area contributed by atoms with Crippen LogP contribution in [0.25, 0.3) is 0 Å². The van der Waals surface area contributed by atoms with E-state index in [0.717, 1.165) is 30.2 Å². The van der Waals surface area contributed by atoms with Crippen molar-refractivity contribution in [1.82, 2.24) is 14.5 Å². The Kier molecular flexibility index (Phi) is 3.89. The molecule has 1 saturated heterocycles. The summed E-state index contributed by atoms with van der Waals surface area (Å²) in [5.41, 5.74) is 1.36. The Morgan fingerprint density at radius 3 is 2.88 bits per heavy atom. The lowest BCUT2D eigenvalue weighted by Gasteiger charge is -2.23. The van der Waals surface area contributed by atoms with Crippen LogP contribution in [0.5, 0.6) is 0 Å². The number of thioether (sulfide) groups is 1. The van der Waals surface area contributed by atoms with Gasteiger partial charge in [0.05, 0.1) is 0 Å². The van der Waals surface area contributed by atoms with Gasteiger partial charge in [-0.2, -0.15) is 0 Å². The van der Waals surface area contributed by atoms with Crippen LogP contribution in [0, 0.1) is 5.92 Å². The molecule has 134 valence electrons. The van der Waals surface area contributed by atoms with E-state index in [1.807, 2.05) is 11.0 Å². The number of rotatable bonds is 2. The van der Waals surface area contributed by atoms with Crippen LogP contribution in [0.4, 0.5) is 0 Å². The Labute approximate surface area is 156 Å². The van der Waals surface area contributed by atoms with Crippen LogP contribution in [0.2, 0.25) is 0 Å². The van der Waals surface area contributed by atoms with Gasteiger partial charge in [-0.15, -0.1) is 0 Å². The number of carbonyl (C=O) groups is 1. The highest BCUT2D eigenvalue weighted by molar-refractivity contribution is 7.99. The zero-order valence-electron chi connectivity index (χ0n) is 14.5. The molecule has 1 saturated carbocycles. The van der Waals surface area contributed by atoms with E-state index in [0.29, 0.717) is 24.9 Å². The Morgan fingerprint density at radius 1 is 1.19 bits per heavy atom. The molecule has 5 rings (SSSR count). The summed E-state index contributed by atoms with van der Waals surface area (Å²) in [6.07, 6.45) is 4.84. The molecule has 2 aliphatic heterocycles. The smallest absolute Gasteiger partial charge is 0.267 e. The average molecular weight is 367 g/mol. The fourth-order valence-corrected chi connectivity index (χ4v) is 5.83. The average Bonchev–Trinajstić information content (AvgIpc) is 3.38. The van der Waals surface area contributed by atoms with E-state index in [9.17, 15) is 9.59 Å². The second kappa shape index (κ2) is 6.27. The van der Waals surface area contributed by atoms with Gasteiger partial charge in [0.15, 0.2) is 5.16 Å². The molecule has 1 aromatic carbocycles. The Balaban J connectivity index is 1.49. The van der Waals surface area contributed by atoms with Crippen molar-refractivity contribution in [3.63, 3.8) is 0 Å². The molecule has 2 fully saturated rings. The first-order chi connectivity index (χ1) is 12.7. The molecular weight excluding hydrogens is 346 g/mol. The molecule has 0 N–H and O–H groups in total. The molecule has 2 aromatic rings. The van der Waals surface area contributed by atoms with E-state index >= 15 is 0 Å². The lowest BCUT2D eigenvalue weighted by molar-refractivity contribution is 0.0724. The number of fused-ring (bicyclic) bond motifs is 2. The summed E-state index contributed by atoms with van der Waals surface area (Å²) >= 11 is 1.57. The van der Waals surface area contributed by atoms with Gasteiger partial charge < -0.3 is 4.90 Å². The van der Waals surface area contributed by atoms with Gasteiger partial charge in [0.2, 0.25) is 0 Å². The molecule has 3 atom stereocenters. The highest BCUT2D eigenvalue weighted by Crippen LogP contribution is 2.46. The number of aromatic nitrogens is 2. The van der Waals surface area contributed by atoms with Crippen molar-refractivity contribution in [3.8, 4) is 0 Å². The van der Waals surface area contributed by atoms with Crippen LogP contribution in [0.15, 0.2) is 46.5 Å². The van der Waals surface area contributed by atoms with E-state index in [2.05, 4.69) is 29.2 Å². The van der Waals surface area contributed by atoms with E-state index < -0.39 is 0 Å². The van der Waals surface area contributed by atoms with Crippen LogP contribution in [0.1, 0.15) is 41.1 Å². The molecule has 3 aliphatic rings. The summed E-state index contributed by atoms with van der Waals surface area (Å²) in [5.74, 6) is 1.59. The summed E-state index contributed by atoms with van der Waals surface area (Å²) in [5, 5.41) is 0.730. The minimum absolute atomic E-state index is 0.134. The van der Waals surface area contributed by atoms with Crippen LogP contribution in [-0.4, -0.2) is 38.7 Å². The molecule has 1 aromatic heterocycles. The summed E-state index contributed by atoms with van der Waals surface area (Å²) in [4.78, 5) is 32.3. The zero-order chi connectivity index (χ0) is 17.7. The number of amides is 1. The van der Waals surface area contributed by atoms with Crippen molar-refractivity contribution in [1.29, 1.82) is 0 Å². The molecule has 0 radical (unpaired) electrons. The first kappa shape index (κ1) is 16.1. The number of nitrogens with zero attached hydrogens (tertiary/aromatic N) is 3. The van der Waals surface area contributed by atoms with Gasteiger partial charge in [0.1, 0.15) is 5.56 Å². The second-order valence-electron chi connectivity index (χ2n) is 7.40. The number of hydrogen-bond donors (Lipinski definition) is 0. The van der Waals surface area contributed by atoms with Crippen LogP contribution >= 0.6 is 11.8 Å². The fraction of sp³-hybridized carbons (Fsp3) is 0.450. The highest BCUT2D eigenvalue weighted by Gasteiger charge is 2.47. The first-order valence-corrected chi connectivity index (χ1v) is 10.3. The van der Waals surface area contributed by atoms with Gasteiger partial charge in [-0.05, 0) is 24.3 Å². The van der Waals surface area contributed by atoms with Gasteiger partial charge in [-0.3, -0.25) is 14.2 Å². The minimum atomic E-state index is -0.178. The van der Waals surface area contributed by atoms with Crippen molar-refractivity contribution in [2.24, 2.45) is 5.92 Å². The Bertz CT molecular complexity index is 911. The molecule has 6 heteroatoms. The lowest BCUT2D eigenvalue weighted by Crippen LogP contribution is -2.40. The third-order valence-corrected chi connectivity index (χ3v) is 7.09. The molecular formula is C20H21N3O2S. The summed E-state index contributed by atoms with van der Waals surface area (Å²) < 4.78 is 1.65. The first-order valence-electron chi connectivity index (χ1n) is 9.32. The van der Waals surface area contributed by atoms with E-state index in [1.54, 1.807) is 16.3 Å². The quantitative estimate of drug-likeness (QED) is 0.766. The largest absolute Gasteiger partial charge is 0.335 e. The van der Waals surface area contributed by atoms with Crippen molar-refractivity contribution < 1.29 is 4.79 Å². The maximum atomic E-state index is 13.3. The van der Waals surface area contributed by atoms with Crippen molar-refractivity contribution in [3.05, 3.63) is 58.0 Å². The van der Waals surface area contributed by atoms with Gasteiger partial charge in [-0.1, -0.05) is 48.5 Å². The normalized spacial score (nSPS) is 26.8. The lowest BCUT2D eigenvalue weighted by atomic mass is 9.87. The van der Waals surface area contributed by atoms with Crippen LogP contribution in [0.3, 0.4) is 0 Å². The van der Waals surface area contributed by atoms with Crippen LogP contribution in [-0.2, 0) is 6.54 Å². The van der Waals surface area contributed by atoms with Gasteiger partial charge in [-0.25, -0.2) is 4.98 Å². The molecule has 1 aliphatic carbocycles. The number of benzene rings is 1. The van der Waals surface area contributed by atoms with E-state index in [-0.39, 0.29) is 23.1 Å². The fourth-order valence-electron chi connectivity index (χ4n) is 4.91. The van der Waals surface area contributed by atoms with E-state index in [4.69, 9.17) is 0 Å². The van der Waals surface area contributed by atoms with Crippen LogP contribution < -0.4 is 5.56 Å².